The highest BCUT2D eigenvalue weighted by atomic mass is 127. The van der Waals surface area contributed by atoms with Crippen LogP contribution in [0.15, 0.2) is 29.3 Å². The van der Waals surface area contributed by atoms with Gasteiger partial charge in [0.05, 0.1) is 13.2 Å². The monoisotopic (exact) mass is 431 g/mol. The number of hydrogen-bond donors (Lipinski definition) is 2. The van der Waals surface area contributed by atoms with Gasteiger partial charge in [-0.2, -0.15) is 0 Å². The Labute approximate surface area is 157 Å². The molecule has 23 heavy (non-hydrogen) atoms. The number of rotatable bonds is 6. The SMILES string of the molecule is COCC(C)NC(N)=NCC1(c2cccc(C)c2)CCCC1.I. The number of hydrogen-bond acceptors (Lipinski definition) is 2. The van der Waals surface area contributed by atoms with Crippen molar-refractivity contribution in [1.29, 1.82) is 0 Å². The van der Waals surface area contributed by atoms with Crippen LogP contribution >= 0.6 is 24.0 Å². The number of ether oxygens (including phenoxy) is 1. The third-order valence-electron chi connectivity index (χ3n) is 4.55. The van der Waals surface area contributed by atoms with Gasteiger partial charge in [0.25, 0.3) is 0 Å². The first-order chi connectivity index (χ1) is 10.6. The maximum absolute atomic E-state index is 6.03. The average Bonchev–Trinajstić information content (AvgIpc) is 2.95. The summed E-state index contributed by atoms with van der Waals surface area (Å²) in [6.07, 6.45) is 4.94. The van der Waals surface area contributed by atoms with E-state index >= 15 is 0 Å². The molecule has 3 N–H and O–H groups in total. The van der Waals surface area contributed by atoms with E-state index in [1.807, 2.05) is 6.92 Å². The van der Waals surface area contributed by atoms with Gasteiger partial charge in [0.2, 0.25) is 0 Å². The van der Waals surface area contributed by atoms with E-state index in [0.717, 1.165) is 6.54 Å². The highest BCUT2D eigenvalue weighted by molar-refractivity contribution is 14.0. The molecule has 1 aromatic carbocycles. The molecule has 130 valence electrons. The summed E-state index contributed by atoms with van der Waals surface area (Å²) >= 11 is 0. The molecule has 1 saturated carbocycles. The van der Waals surface area contributed by atoms with Crippen LogP contribution < -0.4 is 11.1 Å². The summed E-state index contributed by atoms with van der Waals surface area (Å²) < 4.78 is 5.11. The minimum absolute atomic E-state index is 0. The van der Waals surface area contributed by atoms with Crippen molar-refractivity contribution in [3.05, 3.63) is 35.4 Å². The molecule has 1 unspecified atom stereocenters. The molecule has 0 radical (unpaired) electrons. The van der Waals surface area contributed by atoms with Gasteiger partial charge in [-0.1, -0.05) is 42.7 Å². The van der Waals surface area contributed by atoms with Crippen molar-refractivity contribution in [2.45, 2.75) is 51.0 Å². The number of guanidine groups is 1. The van der Waals surface area contributed by atoms with Gasteiger partial charge in [-0.25, -0.2) is 0 Å². The smallest absolute Gasteiger partial charge is 0.188 e. The molecule has 1 atom stereocenters. The van der Waals surface area contributed by atoms with Crippen LogP contribution in [0.2, 0.25) is 0 Å². The number of aryl methyl sites for hydroxylation is 1. The predicted octanol–water partition coefficient (Wildman–Crippen LogP) is 3.36. The zero-order chi connectivity index (χ0) is 16.0. The summed E-state index contributed by atoms with van der Waals surface area (Å²) in [7, 11) is 1.69. The van der Waals surface area contributed by atoms with Crippen LogP contribution in [-0.4, -0.2) is 32.3 Å². The molecular formula is C18H30IN3O. The Balaban J connectivity index is 0.00000264. The molecule has 1 aliphatic carbocycles. The largest absolute Gasteiger partial charge is 0.383 e. The molecule has 0 aliphatic heterocycles. The Kier molecular flexibility index (Phi) is 8.33. The molecular weight excluding hydrogens is 401 g/mol. The standard InChI is InChI=1S/C18H29N3O.HI/c1-14-7-6-8-16(11-14)18(9-4-5-10-18)13-20-17(19)21-15(2)12-22-3;/h6-8,11,15H,4-5,9-10,12-13H2,1-3H3,(H3,19,20,21);1H. The Morgan fingerprint density at radius 2 is 2.09 bits per heavy atom. The topological polar surface area (TPSA) is 59.6 Å². The van der Waals surface area contributed by atoms with Gasteiger partial charge in [-0.15, -0.1) is 24.0 Å². The van der Waals surface area contributed by atoms with E-state index in [-0.39, 0.29) is 35.4 Å². The van der Waals surface area contributed by atoms with Crippen LogP contribution in [0.25, 0.3) is 0 Å². The van der Waals surface area contributed by atoms with Crippen molar-refractivity contribution in [3.8, 4) is 0 Å². The van der Waals surface area contributed by atoms with E-state index in [2.05, 4.69) is 41.5 Å². The van der Waals surface area contributed by atoms with Crippen molar-refractivity contribution < 1.29 is 4.74 Å². The third-order valence-corrected chi connectivity index (χ3v) is 4.55. The number of halogens is 1. The first-order valence-electron chi connectivity index (χ1n) is 8.18. The lowest BCUT2D eigenvalue weighted by molar-refractivity contribution is 0.179. The second kappa shape index (κ2) is 9.47. The number of nitrogens with two attached hydrogens (primary N) is 1. The van der Waals surface area contributed by atoms with Gasteiger partial charge in [-0.3, -0.25) is 4.99 Å². The lowest BCUT2D eigenvalue weighted by Gasteiger charge is -2.28. The first-order valence-corrected chi connectivity index (χ1v) is 8.18. The minimum Gasteiger partial charge on any atom is -0.383 e. The van der Waals surface area contributed by atoms with Crippen LogP contribution in [0.3, 0.4) is 0 Å². The zero-order valence-electron chi connectivity index (χ0n) is 14.5. The molecule has 5 heteroatoms. The van der Waals surface area contributed by atoms with Crippen LogP contribution in [-0.2, 0) is 10.2 Å². The number of nitrogens with zero attached hydrogens (tertiary/aromatic N) is 1. The van der Waals surface area contributed by atoms with E-state index in [1.165, 1.54) is 36.8 Å². The molecule has 0 spiro atoms. The fourth-order valence-corrected chi connectivity index (χ4v) is 3.39. The lowest BCUT2D eigenvalue weighted by Crippen LogP contribution is -2.41. The summed E-state index contributed by atoms with van der Waals surface area (Å²) in [5.74, 6) is 0.517. The van der Waals surface area contributed by atoms with Crippen molar-refractivity contribution in [2.24, 2.45) is 10.7 Å². The fraction of sp³-hybridized carbons (Fsp3) is 0.611. The normalized spacial score (nSPS) is 18.3. The molecule has 1 aromatic rings. The molecule has 0 aromatic heterocycles. The summed E-state index contributed by atoms with van der Waals surface area (Å²) in [5.41, 5.74) is 8.91. The summed E-state index contributed by atoms with van der Waals surface area (Å²) in [6.45, 7) is 5.57. The van der Waals surface area contributed by atoms with E-state index in [1.54, 1.807) is 7.11 Å². The fourth-order valence-electron chi connectivity index (χ4n) is 3.39. The number of nitrogens with one attached hydrogen (secondary N) is 1. The van der Waals surface area contributed by atoms with Gasteiger partial charge in [0, 0.05) is 18.6 Å². The number of methoxy groups -OCH3 is 1. The molecule has 0 bridgehead atoms. The van der Waals surface area contributed by atoms with Crippen LogP contribution in [0.1, 0.15) is 43.7 Å². The molecule has 4 nitrogen and oxygen atoms in total. The van der Waals surface area contributed by atoms with Gasteiger partial charge < -0.3 is 15.8 Å². The van der Waals surface area contributed by atoms with Crippen LogP contribution in [0.4, 0.5) is 0 Å². The summed E-state index contributed by atoms with van der Waals surface area (Å²) in [5, 5.41) is 3.19. The molecule has 1 fully saturated rings. The Morgan fingerprint density at radius 3 is 2.70 bits per heavy atom. The Hall–Kier alpha value is -0.820. The lowest BCUT2D eigenvalue weighted by atomic mass is 9.78. The Bertz CT molecular complexity index is 513. The average molecular weight is 431 g/mol. The van der Waals surface area contributed by atoms with Crippen LogP contribution in [0, 0.1) is 6.92 Å². The molecule has 2 rings (SSSR count). The first kappa shape index (κ1) is 20.2. The molecule has 0 amide bonds. The van der Waals surface area contributed by atoms with Crippen molar-refractivity contribution in [2.75, 3.05) is 20.3 Å². The van der Waals surface area contributed by atoms with Crippen molar-refractivity contribution in [1.82, 2.24) is 5.32 Å². The van der Waals surface area contributed by atoms with Gasteiger partial charge in [-0.05, 0) is 32.3 Å². The minimum atomic E-state index is 0. The van der Waals surface area contributed by atoms with Gasteiger partial charge >= 0.3 is 0 Å². The summed E-state index contributed by atoms with van der Waals surface area (Å²) in [6, 6.07) is 9.02. The quantitative estimate of drug-likeness (QED) is 0.413. The van der Waals surface area contributed by atoms with Crippen LogP contribution in [0.5, 0.6) is 0 Å². The molecule has 0 heterocycles. The number of benzene rings is 1. The Morgan fingerprint density at radius 1 is 1.39 bits per heavy atom. The predicted molar refractivity (Wildman–Crippen MR) is 108 cm³/mol. The van der Waals surface area contributed by atoms with E-state index in [4.69, 9.17) is 10.5 Å². The molecule has 1 aliphatic rings. The summed E-state index contributed by atoms with van der Waals surface area (Å²) in [4.78, 5) is 4.63. The maximum Gasteiger partial charge on any atom is 0.188 e. The highest BCUT2D eigenvalue weighted by Gasteiger charge is 2.35. The highest BCUT2D eigenvalue weighted by Crippen LogP contribution is 2.41. The second-order valence-electron chi connectivity index (χ2n) is 6.56. The maximum atomic E-state index is 6.03. The second-order valence-corrected chi connectivity index (χ2v) is 6.56. The van der Waals surface area contributed by atoms with Crippen molar-refractivity contribution in [3.63, 3.8) is 0 Å². The van der Waals surface area contributed by atoms with E-state index in [9.17, 15) is 0 Å². The van der Waals surface area contributed by atoms with Crippen molar-refractivity contribution >= 4 is 29.9 Å². The third kappa shape index (κ3) is 5.64. The zero-order valence-corrected chi connectivity index (χ0v) is 16.8. The van der Waals surface area contributed by atoms with E-state index in [0.29, 0.717) is 12.6 Å². The van der Waals surface area contributed by atoms with E-state index < -0.39 is 0 Å². The van der Waals surface area contributed by atoms with Gasteiger partial charge in [0.1, 0.15) is 0 Å². The molecule has 0 saturated heterocycles. The van der Waals surface area contributed by atoms with Gasteiger partial charge in [0.15, 0.2) is 5.96 Å². The number of aliphatic imine (C=N–C) groups is 1.